The topological polar surface area (TPSA) is 58.7 Å². The van der Waals surface area contributed by atoms with Crippen LogP contribution in [0.1, 0.15) is 25.5 Å². The summed E-state index contributed by atoms with van der Waals surface area (Å²) in [6, 6.07) is 1.67. The minimum Gasteiger partial charge on any atom is -0.385 e. The highest BCUT2D eigenvalue weighted by atomic mass is 32.1. The molecular weight excluding hydrogens is 210 g/mol. The number of hydrogen-bond donors (Lipinski definition) is 1. The number of nitrogens with zero attached hydrogens (tertiary/aromatic N) is 2. The largest absolute Gasteiger partial charge is 0.385 e. The lowest BCUT2D eigenvalue weighted by Gasteiger charge is -2.27. The standard InChI is InChI=1S/C10H13N3OS/c1-6(2)13-8(7-3-4-15-5-7)9(11)12-10(13)14/h3-6,8H,1-2H3,(H2,11,12,14). The second-order valence-corrected chi connectivity index (χ2v) is 4.56. The Labute approximate surface area is 92.4 Å². The van der Waals surface area contributed by atoms with Gasteiger partial charge in [0.05, 0.1) is 0 Å². The predicted molar refractivity (Wildman–Crippen MR) is 61.1 cm³/mol. The molecule has 0 aromatic carbocycles. The molecule has 4 nitrogen and oxygen atoms in total. The van der Waals surface area contributed by atoms with Crippen molar-refractivity contribution in [1.29, 1.82) is 0 Å². The van der Waals surface area contributed by atoms with Crippen LogP contribution in [0.25, 0.3) is 0 Å². The molecule has 0 aliphatic carbocycles. The molecule has 0 saturated heterocycles. The van der Waals surface area contributed by atoms with Crippen LogP contribution < -0.4 is 5.73 Å². The minimum absolute atomic E-state index is 0.104. The molecule has 2 heterocycles. The maximum atomic E-state index is 11.6. The van der Waals surface area contributed by atoms with Gasteiger partial charge in [0, 0.05) is 6.04 Å². The number of rotatable bonds is 2. The number of urea groups is 1. The van der Waals surface area contributed by atoms with E-state index in [0.29, 0.717) is 5.84 Å². The summed E-state index contributed by atoms with van der Waals surface area (Å²) < 4.78 is 0. The van der Waals surface area contributed by atoms with Gasteiger partial charge in [-0.05, 0) is 36.2 Å². The zero-order chi connectivity index (χ0) is 11.0. The number of aliphatic imine (C=N–C) groups is 1. The first kappa shape index (κ1) is 10.2. The second-order valence-electron chi connectivity index (χ2n) is 3.78. The summed E-state index contributed by atoms with van der Waals surface area (Å²) in [5.41, 5.74) is 6.82. The lowest BCUT2D eigenvalue weighted by atomic mass is 10.1. The molecule has 1 atom stereocenters. The third-order valence-electron chi connectivity index (χ3n) is 2.42. The molecule has 1 aromatic rings. The second kappa shape index (κ2) is 3.66. The molecule has 0 saturated carbocycles. The number of thiophene rings is 1. The number of carbonyl (C=O) groups is 1. The SMILES string of the molecule is CC(C)N1C(=O)N=C(N)C1c1ccsc1. The highest BCUT2D eigenvalue weighted by Gasteiger charge is 2.36. The Morgan fingerprint density at radius 1 is 1.60 bits per heavy atom. The lowest BCUT2D eigenvalue weighted by molar-refractivity contribution is 0.190. The van der Waals surface area contributed by atoms with E-state index < -0.39 is 0 Å². The van der Waals surface area contributed by atoms with Gasteiger partial charge in [0.15, 0.2) is 0 Å². The Kier molecular flexibility index (Phi) is 2.48. The van der Waals surface area contributed by atoms with Crippen molar-refractivity contribution >= 4 is 23.2 Å². The molecular formula is C10H13N3OS. The number of hydrogen-bond acceptors (Lipinski definition) is 3. The molecule has 0 spiro atoms. The van der Waals surface area contributed by atoms with E-state index in [1.165, 1.54) is 0 Å². The van der Waals surface area contributed by atoms with Gasteiger partial charge in [0.25, 0.3) is 0 Å². The summed E-state index contributed by atoms with van der Waals surface area (Å²) >= 11 is 1.59. The maximum Gasteiger partial charge on any atom is 0.346 e. The molecule has 1 unspecified atom stereocenters. The van der Waals surface area contributed by atoms with Crippen LogP contribution in [-0.4, -0.2) is 22.8 Å². The van der Waals surface area contributed by atoms with E-state index in [-0.39, 0.29) is 18.1 Å². The van der Waals surface area contributed by atoms with Crippen LogP contribution in [-0.2, 0) is 0 Å². The van der Waals surface area contributed by atoms with Gasteiger partial charge < -0.3 is 10.6 Å². The highest BCUT2D eigenvalue weighted by molar-refractivity contribution is 7.08. The van der Waals surface area contributed by atoms with Gasteiger partial charge in [-0.3, -0.25) is 0 Å². The summed E-state index contributed by atoms with van der Waals surface area (Å²) in [5.74, 6) is 0.395. The number of nitrogens with two attached hydrogens (primary N) is 1. The first-order valence-corrected chi connectivity index (χ1v) is 5.74. The predicted octanol–water partition coefficient (Wildman–Crippen LogP) is 1.99. The summed E-state index contributed by atoms with van der Waals surface area (Å²) in [7, 11) is 0. The molecule has 5 heteroatoms. The molecule has 0 radical (unpaired) electrons. The van der Waals surface area contributed by atoms with E-state index in [1.54, 1.807) is 16.2 Å². The molecule has 1 aromatic heterocycles. The maximum absolute atomic E-state index is 11.6. The molecule has 0 fully saturated rings. The molecule has 2 N–H and O–H groups in total. The molecule has 0 bridgehead atoms. The Morgan fingerprint density at radius 2 is 2.33 bits per heavy atom. The van der Waals surface area contributed by atoms with Crippen molar-refractivity contribution in [3.8, 4) is 0 Å². The summed E-state index contributed by atoms with van der Waals surface area (Å²) in [4.78, 5) is 17.1. The Balaban J connectivity index is 2.37. The van der Waals surface area contributed by atoms with Gasteiger partial charge >= 0.3 is 6.03 Å². The molecule has 1 aliphatic rings. The number of amidine groups is 1. The van der Waals surface area contributed by atoms with E-state index in [4.69, 9.17) is 5.73 Å². The zero-order valence-electron chi connectivity index (χ0n) is 8.68. The van der Waals surface area contributed by atoms with Crippen LogP contribution >= 0.6 is 11.3 Å². The van der Waals surface area contributed by atoms with E-state index >= 15 is 0 Å². The monoisotopic (exact) mass is 223 g/mol. The van der Waals surface area contributed by atoms with Crippen LogP contribution in [0.5, 0.6) is 0 Å². The summed E-state index contributed by atoms with van der Waals surface area (Å²) in [6.07, 6.45) is 0. The average Bonchev–Trinajstić information content (AvgIpc) is 2.71. The van der Waals surface area contributed by atoms with Crippen molar-refractivity contribution < 1.29 is 4.79 Å². The lowest BCUT2D eigenvalue weighted by Crippen LogP contribution is -2.37. The number of amides is 2. The van der Waals surface area contributed by atoms with Crippen molar-refractivity contribution in [2.24, 2.45) is 10.7 Å². The average molecular weight is 223 g/mol. The molecule has 2 rings (SSSR count). The molecule has 2 amide bonds. The van der Waals surface area contributed by atoms with Crippen molar-refractivity contribution in [3.05, 3.63) is 22.4 Å². The molecule has 1 aliphatic heterocycles. The molecule has 15 heavy (non-hydrogen) atoms. The fraction of sp³-hybridized carbons (Fsp3) is 0.400. The van der Waals surface area contributed by atoms with Gasteiger partial charge in [-0.2, -0.15) is 16.3 Å². The normalized spacial score (nSPS) is 21.3. The van der Waals surface area contributed by atoms with Crippen molar-refractivity contribution in [2.75, 3.05) is 0 Å². The van der Waals surface area contributed by atoms with E-state index in [9.17, 15) is 4.79 Å². The van der Waals surface area contributed by atoms with Gasteiger partial charge in [-0.1, -0.05) is 0 Å². The first-order chi connectivity index (χ1) is 7.11. The van der Waals surface area contributed by atoms with Crippen LogP contribution in [0.15, 0.2) is 21.8 Å². The quantitative estimate of drug-likeness (QED) is 0.833. The van der Waals surface area contributed by atoms with Crippen molar-refractivity contribution in [2.45, 2.75) is 25.9 Å². The fourth-order valence-corrected chi connectivity index (χ4v) is 2.44. The van der Waals surface area contributed by atoms with Gasteiger partial charge in [-0.25, -0.2) is 4.79 Å². The smallest absolute Gasteiger partial charge is 0.346 e. The van der Waals surface area contributed by atoms with Crippen LogP contribution in [0, 0.1) is 0 Å². The first-order valence-electron chi connectivity index (χ1n) is 4.79. The van der Waals surface area contributed by atoms with Crippen molar-refractivity contribution in [1.82, 2.24) is 4.90 Å². The van der Waals surface area contributed by atoms with Gasteiger partial charge in [0.2, 0.25) is 0 Å². The van der Waals surface area contributed by atoms with Gasteiger partial charge in [0.1, 0.15) is 11.9 Å². The molecule has 80 valence electrons. The van der Waals surface area contributed by atoms with E-state index in [2.05, 4.69) is 4.99 Å². The Hall–Kier alpha value is -1.36. The summed E-state index contributed by atoms with van der Waals surface area (Å²) in [5, 5.41) is 3.98. The Morgan fingerprint density at radius 3 is 2.87 bits per heavy atom. The fourth-order valence-electron chi connectivity index (χ4n) is 1.76. The van der Waals surface area contributed by atoms with Crippen molar-refractivity contribution in [3.63, 3.8) is 0 Å². The zero-order valence-corrected chi connectivity index (χ0v) is 9.49. The highest BCUT2D eigenvalue weighted by Crippen LogP contribution is 2.29. The van der Waals surface area contributed by atoms with Gasteiger partial charge in [-0.15, -0.1) is 0 Å². The number of carbonyl (C=O) groups excluding carboxylic acids is 1. The van der Waals surface area contributed by atoms with E-state index in [0.717, 1.165) is 5.56 Å². The van der Waals surface area contributed by atoms with Crippen LogP contribution in [0.4, 0.5) is 4.79 Å². The van der Waals surface area contributed by atoms with Crippen LogP contribution in [0.2, 0.25) is 0 Å². The Bertz CT molecular complexity index is 397. The third kappa shape index (κ3) is 1.63. The summed E-state index contributed by atoms with van der Waals surface area (Å²) in [6.45, 7) is 3.93. The van der Waals surface area contributed by atoms with Crippen LogP contribution in [0.3, 0.4) is 0 Å². The minimum atomic E-state index is -0.237. The van der Waals surface area contributed by atoms with E-state index in [1.807, 2.05) is 30.7 Å². The third-order valence-corrected chi connectivity index (χ3v) is 3.12.